The van der Waals surface area contributed by atoms with Gasteiger partial charge in [-0.2, -0.15) is 15.1 Å². The molecule has 0 aliphatic carbocycles. The largest absolute Gasteiger partial charge is 0.472 e. The number of anilines is 2. The number of nitrogens with one attached hydrogen (secondary N) is 2. The molecule has 1 unspecified atom stereocenters. The number of fused-ring (bicyclic) bond motifs is 1. The summed E-state index contributed by atoms with van der Waals surface area (Å²) < 4.78 is 7.87. The van der Waals surface area contributed by atoms with E-state index in [0.717, 1.165) is 30.4 Å². The third kappa shape index (κ3) is 3.12. The molecule has 0 spiro atoms. The van der Waals surface area contributed by atoms with Crippen molar-refractivity contribution in [2.24, 2.45) is 0 Å². The number of rotatable bonds is 6. The highest BCUT2D eigenvalue weighted by atomic mass is 16.5. The molecule has 3 aromatic rings. The molecule has 0 radical (unpaired) electrons. The Hall–Kier alpha value is -3.10. The molecule has 0 saturated carbocycles. The van der Waals surface area contributed by atoms with Gasteiger partial charge in [-0.25, -0.2) is 0 Å². The van der Waals surface area contributed by atoms with Gasteiger partial charge < -0.3 is 19.9 Å². The molecule has 1 atom stereocenters. The normalized spacial score (nSPS) is 17.2. The van der Waals surface area contributed by atoms with E-state index in [1.165, 1.54) is 0 Å². The van der Waals surface area contributed by atoms with Crippen molar-refractivity contribution in [1.82, 2.24) is 29.6 Å². The van der Waals surface area contributed by atoms with Crippen LogP contribution in [0.5, 0.6) is 5.88 Å². The SMILES string of the molecule is CCn1cc(Nc2nc(OC3CCN(C=O)C3)c3cc[nH]c3n2)cn1. The zero-order valence-corrected chi connectivity index (χ0v) is 13.8. The minimum Gasteiger partial charge on any atom is -0.472 e. The lowest BCUT2D eigenvalue weighted by Gasteiger charge is -2.14. The number of hydrogen-bond acceptors (Lipinski definition) is 6. The number of hydrogen-bond donors (Lipinski definition) is 2. The third-order valence-corrected chi connectivity index (χ3v) is 4.20. The molecule has 9 nitrogen and oxygen atoms in total. The summed E-state index contributed by atoms with van der Waals surface area (Å²) in [5, 5.41) is 8.20. The van der Waals surface area contributed by atoms with Crippen LogP contribution in [-0.4, -0.2) is 55.2 Å². The van der Waals surface area contributed by atoms with Gasteiger partial charge in [0, 0.05) is 31.9 Å². The van der Waals surface area contributed by atoms with Crippen LogP contribution in [-0.2, 0) is 11.3 Å². The van der Waals surface area contributed by atoms with Crippen molar-refractivity contribution < 1.29 is 9.53 Å². The topological polar surface area (TPSA) is 101 Å². The van der Waals surface area contributed by atoms with Crippen molar-refractivity contribution in [1.29, 1.82) is 0 Å². The van der Waals surface area contributed by atoms with Crippen molar-refractivity contribution in [2.45, 2.75) is 26.0 Å². The minimum atomic E-state index is -0.0612. The summed E-state index contributed by atoms with van der Waals surface area (Å²) >= 11 is 0. The highest BCUT2D eigenvalue weighted by Crippen LogP contribution is 2.27. The van der Waals surface area contributed by atoms with E-state index < -0.39 is 0 Å². The third-order valence-electron chi connectivity index (χ3n) is 4.20. The van der Waals surface area contributed by atoms with Gasteiger partial charge in [0.2, 0.25) is 18.2 Å². The first-order chi connectivity index (χ1) is 12.2. The predicted octanol–water partition coefficient (Wildman–Crippen LogP) is 1.53. The first-order valence-electron chi connectivity index (χ1n) is 8.25. The van der Waals surface area contributed by atoms with E-state index >= 15 is 0 Å². The quantitative estimate of drug-likeness (QED) is 0.659. The molecule has 25 heavy (non-hydrogen) atoms. The number of ether oxygens (including phenoxy) is 1. The Bertz CT molecular complexity index is 888. The molecule has 0 aromatic carbocycles. The number of nitrogens with zero attached hydrogens (tertiary/aromatic N) is 5. The average molecular weight is 341 g/mol. The second-order valence-corrected chi connectivity index (χ2v) is 5.93. The van der Waals surface area contributed by atoms with Gasteiger partial charge in [0.25, 0.3) is 0 Å². The molecule has 4 rings (SSSR count). The van der Waals surface area contributed by atoms with Gasteiger partial charge in [-0.15, -0.1) is 0 Å². The molecule has 1 aliphatic rings. The maximum absolute atomic E-state index is 10.9. The predicted molar refractivity (Wildman–Crippen MR) is 91.7 cm³/mol. The van der Waals surface area contributed by atoms with Crippen molar-refractivity contribution >= 4 is 29.1 Å². The van der Waals surface area contributed by atoms with Crippen LogP contribution in [0, 0.1) is 0 Å². The van der Waals surface area contributed by atoms with Gasteiger partial charge in [0.15, 0.2) is 0 Å². The monoisotopic (exact) mass is 341 g/mol. The Morgan fingerprint density at radius 1 is 1.48 bits per heavy atom. The number of carbonyl (C=O) groups is 1. The summed E-state index contributed by atoms with van der Waals surface area (Å²) in [6, 6.07) is 1.88. The summed E-state index contributed by atoms with van der Waals surface area (Å²) in [4.78, 5) is 24.7. The van der Waals surface area contributed by atoms with Crippen LogP contribution in [0.4, 0.5) is 11.6 Å². The number of amides is 1. The summed E-state index contributed by atoms with van der Waals surface area (Å²) in [6.07, 6.45) is 7.01. The smallest absolute Gasteiger partial charge is 0.232 e. The molecule has 1 aliphatic heterocycles. The highest BCUT2D eigenvalue weighted by Gasteiger charge is 2.24. The van der Waals surface area contributed by atoms with Crippen LogP contribution in [0.25, 0.3) is 11.0 Å². The fraction of sp³-hybridized carbons (Fsp3) is 0.375. The summed E-state index contributed by atoms with van der Waals surface area (Å²) in [5.74, 6) is 0.945. The first-order valence-corrected chi connectivity index (χ1v) is 8.25. The molecular formula is C16H19N7O2. The molecule has 130 valence electrons. The molecule has 1 saturated heterocycles. The number of aryl methyl sites for hydroxylation is 1. The summed E-state index contributed by atoms with van der Waals surface area (Å²) in [7, 11) is 0. The van der Waals surface area contributed by atoms with Gasteiger partial charge in [-0.3, -0.25) is 9.48 Å². The number of likely N-dealkylation sites (tertiary alicyclic amines) is 1. The first kappa shape index (κ1) is 15.4. The molecular weight excluding hydrogens is 322 g/mol. The second kappa shape index (κ2) is 6.42. The van der Waals surface area contributed by atoms with Crippen LogP contribution in [0.2, 0.25) is 0 Å². The van der Waals surface area contributed by atoms with Crippen LogP contribution < -0.4 is 10.1 Å². The lowest BCUT2D eigenvalue weighted by Crippen LogP contribution is -2.24. The molecule has 0 bridgehead atoms. The lowest BCUT2D eigenvalue weighted by molar-refractivity contribution is -0.117. The van der Waals surface area contributed by atoms with Gasteiger partial charge in [-0.05, 0) is 13.0 Å². The van der Waals surface area contributed by atoms with Crippen molar-refractivity contribution in [3.05, 3.63) is 24.7 Å². The molecule has 3 aromatic heterocycles. The molecule has 4 heterocycles. The van der Waals surface area contributed by atoms with E-state index in [4.69, 9.17) is 4.74 Å². The molecule has 1 amide bonds. The van der Waals surface area contributed by atoms with Crippen LogP contribution >= 0.6 is 0 Å². The Kier molecular flexibility index (Phi) is 3.96. The van der Waals surface area contributed by atoms with E-state index in [2.05, 4.69) is 25.4 Å². The van der Waals surface area contributed by atoms with E-state index in [1.54, 1.807) is 17.3 Å². The standard InChI is InChI=1S/C16H19N7O2/c1-2-23-8-11(7-18-23)19-16-20-14-13(3-5-17-14)15(21-16)25-12-4-6-22(9-12)10-24/h3,5,7-8,10,12H,2,4,6,9H2,1H3,(H2,17,19,20,21). The van der Waals surface area contributed by atoms with Crippen molar-refractivity contribution in [3.8, 4) is 5.88 Å². The fourth-order valence-corrected chi connectivity index (χ4v) is 2.89. The zero-order valence-electron chi connectivity index (χ0n) is 13.8. The van der Waals surface area contributed by atoms with Gasteiger partial charge >= 0.3 is 0 Å². The van der Waals surface area contributed by atoms with E-state index in [0.29, 0.717) is 30.6 Å². The Labute approximate surface area is 144 Å². The Balaban J connectivity index is 1.59. The molecule has 2 N–H and O–H groups in total. The number of aromatic amines is 1. The van der Waals surface area contributed by atoms with Gasteiger partial charge in [0.05, 0.1) is 23.8 Å². The molecule has 9 heteroatoms. The maximum Gasteiger partial charge on any atom is 0.232 e. The minimum absolute atomic E-state index is 0.0612. The number of H-pyrrole nitrogens is 1. The number of aromatic nitrogens is 5. The Morgan fingerprint density at radius 2 is 2.40 bits per heavy atom. The van der Waals surface area contributed by atoms with Crippen LogP contribution in [0.15, 0.2) is 24.7 Å². The maximum atomic E-state index is 10.9. The lowest BCUT2D eigenvalue weighted by atomic mass is 10.3. The van der Waals surface area contributed by atoms with Crippen LogP contribution in [0.1, 0.15) is 13.3 Å². The van der Waals surface area contributed by atoms with Crippen LogP contribution in [0.3, 0.4) is 0 Å². The van der Waals surface area contributed by atoms with E-state index in [-0.39, 0.29) is 6.10 Å². The average Bonchev–Trinajstić information content (AvgIpc) is 3.34. The van der Waals surface area contributed by atoms with E-state index in [1.807, 2.05) is 23.9 Å². The fourth-order valence-electron chi connectivity index (χ4n) is 2.89. The molecule has 1 fully saturated rings. The second-order valence-electron chi connectivity index (χ2n) is 5.93. The van der Waals surface area contributed by atoms with Crippen molar-refractivity contribution in [2.75, 3.05) is 18.4 Å². The van der Waals surface area contributed by atoms with Gasteiger partial charge in [-0.1, -0.05) is 0 Å². The summed E-state index contributed by atoms with van der Waals surface area (Å²) in [6.45, 7) is 4.10. The highest BCUT2D eigenvalue weighted by molar-refractivity contribution is 5.82. The summed E-state index contributed by atoms with van der Waals surface area (Å²) in [5.41, 5.74) is 1.51. The van der Waals surface area contributed by atoms with E-state index in [9.17, 15) is 4.79 Å². The zero-order chi connectivity index (χ0) is 17.2. The van der Waals surface area contributed by atoms with Crippen molar-refractivity contribution in [3.63, 3.8) is 0 Å². The Morgan fingerprint density at radius 3 is 3.16 bits per heavy atom. The van der Waals surface area contributed by atoms with Gasteiger partial charge in [0.1, 0.15) is 11.8 Å². The number of carbonyl (C=O) groups excluding carboxylic acids is 1.